The highest BCUT2D eigenvalue weighted by Crippen LogP contribution is 2.35. The molecule has 1 N–H and O–H groups in total. The summed E-state index contributed by atoms with van der Waals surface area (Å²) >= 11 is 0. The average molecular weight is 499 g/mol. The Morgan fingerprint density at radius 1 is 1.06 bits per heavy atom. The van der Waals surface area contributed by atoms with Gasteiger partial charge in [0.2, 0.25) is 17.7 Å². The summed E-state index contributed by atoms with van der Waals surface area (Å²) in [6.07, 6.45) is 5.34. The molecule has 1 unspecified atom stereocenters. The van der Waals surface area contributed by atoms with Crippen molar-refractivity contribution in [3.05, 3.63) is 23.9 Å². The minimum absolute atomic E-state index is 0.0186. The number of ether oxygens (including phenoxy) is 1. The first-order valence-corrected chi connectivity index (χ1v) is 13.0. The Bertz CT molecular complexity index is 1000. The fourth-order valence-electron chi connectivity index (χ4n) is 5.24. The van der Waals surface area contributed by atoms with Gasteiger partial charge in [-0.1, -0.05) is 6.07 Å². The van der Waals surface area contributed by atoms with Crippen molar-refractivity contribution in [2.45, 2.75) is 77.7 Å². The lowest BCUT2D eigenvalue weighted by molar-refractivity contribution is -0.170. The molecule has 1 aromatic rings. The van der Waals surface area contributed by atoms with Crippen LogP contribution in [0.2, 0.25) is 0 Å². The van der Waals surface area contributed by atoms with E-state index in [1.165, 1.54) is 0 Å². The van der Waals surface area contributed by atoms with E-state index in [4.69, 9.17) is 4.74 Å². The molecular formula is C27H38N4O5. The summed E-state index contributed by atoms with van der Waals surface area (Å²) in [5.74, 6) is 0.00457. The van der Waals surface area contributed by atoms with E-state index in [9.17, 15) is 19.2 Å². The molecule has 0 aromatic carbocycles. The van der Waals surface area contributed by atoms with E-state index in [0.29, 0.717) is 38.8 Å². The molecule has 0 aliphatic carbocycles. The Balaban J connectivity index is 1.26. The van der Waals surface area contributed by atoms with Crippen LogP contribution >= 0.6 is 0 Å². The first-order chi connectivity index (χ1) is 16.9. The fraction of sp³-hybridized carbons (Fsp3) is 0.667. The lowest BCUT2D eigenvalue weighted by atomic mass is 9.79. The molecule has 36 heavy (non-hydrogen) atoms. The smallest absolute Gasteiger partial charge is 0.312 e. The summed E-state index contributed by atoms with van der Waals surface area (Å²) < 4.78 is 5.61. The number of nitrogens with one attached hydrogen (secondary N) is 1. The van der Waals surface area contributed by atoms with Gasteiger partial charge in [0.05, 0.1) is 11.3 Å². The lowest BCUT2D eigenvalue weighted by Crippen LogP contribution is -2.49. The topological polar surface area (TPSA) is 109 Å². The third-order valence-electron chi connectivity index (χ3n) is 7.65. The molecule has 4 heterocycles. The zero-order valence-corrected chi connectivity index (χ0v) is 21.8. The normalized spacial score (nSPS) is 23.3. The molecule has 3 saturated heterocycles. The van der Waals surface area contributed by atoms with Crippen LogP contribution in [0.4, 0.5) is 5.82 Å². The van der Waals surface area contributed by atoms with E-state index in [1.54, 1.807) is 6.20 Å². The molecule has 9 nitrogen and oxygen atoms in total. The molecule has 3 aliphatic heterocycles. The molecule has 0 saturated carbocycles. The Morgan fingerprint density at radius 3 is 2.28 bits per heavy atom. The zero-order valence-electron chi connectivity index (χ0n) is 21.8. The van der Waals surface area contributed by atoms with Gasteiger partial charge in [0.25, 0.3) is 0 Å². The van der Waals surface area contributed by atoms with Crippen LogP contribution in [0.3, 0.4) is 0 Å². The number of pyridine rings is 1. The number of likely N-dealkylation sites (tertiary alicyclic amines) is 1. The Hall–Kier alpha value is -2.97. The highest BCUT2D eigenvalue weighted by Gasteiger charge is 2.42. The van der Waals surface area contributed by atoms with E-state index in [2.05, 4.69) is 15.2 Å². The van der Waals surface area contributed by atoms with Gasteiger partial charge in [-0.25, -0.2) is 4.98 Å². The van der Waals surface area contributed by atoms with Crippen LogP contribution in [0.1, 0.15) is 77.7 Å². The van der Waals surface area contributed by atoms with Gasteiger partial charge >= 0.3 is 5.97 Å². The van der Waals surface area contributed by atoms with Crippen molar-refractivity contribution in [2.75, 3.05) is 31.1 Å². The summed E-state index contributed by atoms with van der Waals surface area (Å²) in [6.45, 7) is 10.2. The molecule has 1 aromatic heterocycles. The average Bonchev–Trinajstić information content (AvgIpc) is 2.83. The van der Waals surface area contributed by atoms with Gasteiger partial charge in [-0.2, -0.15) is 0 Å². The van der Waals surface area contributed by atoms with E-state index in [0.717, 1.165) is 37.3 Å². The number of aromatic nitrogens is 1. The van der Waals surface area contributed by atoms with Crippen LogP contribution in [-0.2, 0) is 23.9 Å². The molecule has 196 valence electrons. The molecular weight excluding hydrogens is 460 g/mol. The molecule has 3 amide bonds. The van der Waals surface area contributed by atoms with Crippen LogP contribution in [0.5, 0.6) is 0 Å². The maximum atomic E-state index is 13.2. The second kappa shape index (κ2) is 10.2. The SMILES string of the molecule is CC(C)(C)OC(=O)C1(C)CCN(C(=O)C2CCN(c3ccc(C4CCC(=O)NC4=O)cn3)CC2)CC1. The predicted octanol–water partition coefficient (Wildman–Crippen LogP) is 2.79. The van der Waals surface area contributed by atoms with E-state index in [1.807, 2.05) is 44.7 Å². The summed E-state index contributed by atoms with van der Waals surface area (Å²) in [5.41, 5.74) is -0.238. The number of esters is 1. The van der Waals surface area contributed by atoms with Crippen LogP contribution in [0.15, 0.2) is 18.3 Å². The zero-order chi connectivity index (χ0) is 26.1. The standard InChI is InChI=1S/C27H38N4O5/c1-26(2,3)36-25(35)27(4)11-15-31(16-12-27)24(34)18-9-13-30(14-10-18)21-7-5-19(17-28-21)20-6-8-22(32)29-23(20)33/h5,7,17-18,20H,6,8-16H2,1-4H3,(H,29,32,33). The number of nitrogens with zero attached hydrogens (tertiary/aromatic N) is 3. The number of carbonyl (C=O) groups excluding carboxylic acids is 4. The highest BCUT2D eigenvalue weighted by atomic mass is 16.6. The number of carbonyl (C=O) groups is 4. The van der Waals surface area contributed by atoms with Crippen LogP contribution in [-0.4, -0.2) is 65.4 Å². The van der Waals surface area contributed by atoms with Crippen LogP contribution < -0.4 is 10.2 Å². The van der Waals surface area contributed by atoms with Gasteiger partial charge in [-0.3, -0.25) is 24.5 Å². The lowest BCUT2D eigenvalue weighted by Gasteiger charge is -2.41. The van der Waals surface area contributed by atoms with Gasteiger partial charge < -0.3 is 14.5 Å². The number of imide groups is 1. The van der Waals surface area contributed by atoms with Gasteiger partial charge in [0.1, 0.15) is 11.4 Å². The Morgan fingerprint density at radius 2 is 1.72 bits per heavy atom. The second-order valence-corrected chi connectivity index (χ2v) is 11.6. The number of hydrogen-bond acceptors (Lipinski definition) is 7. The summed E-state index contributed by atoms with van der Waals surface area (Å²) in [7, 11) is 0. The molecule has 0 radical (unpaired) electrons. The first kappa shape index (κ1) is 26.1. The fourth-order valence-corrected chi connectivity index (χ4v) is 5.24. The molecule has 4 rings (SSSR count). The van der Waals surface area contributed by atoms with Crippen LogP contribution in [0.25, 0.3) is 0 Å². The van der Waals surface area contributed by atoms with E-state index >= 15 is 0 Å². The number of piperidine rings is 3. The summed E-state index contributed by atoms with van der Waals surface area (Å²) in [4.78, 5) is 58.0. The van der Waals surface area contributed by atoms with Gasteiger partial charge in [0.15, 0.2) is 0 Å². The monoisotopic (exact) mass is 498 g/mol. The van der Waals surface area contributed by atoms with E-state index < -0.39 is 11.0 Å². The molecule has 9 heteroatoms. The van der Waals surface area contributed by atoms with Crippen molar-refractivity contribution in [3.8, 4) is 0 Å². The summed E-state index contributed by atoms with van der Waals surface area (Å²) in [5, 5.41) is 2.39. The molecule has 0 spiro atoms. The number of hydrogen-bond donors (Lipinski definition) is 1. The van der Waals surface area contributed by atoms with Crippen molar-refractivity contribution in [3.63, 3.8) is 0 Å². The molecule has 3 aliphatic rings. The maximum absolute atomic E-state index is 13.2. The van der Waals surface area contributed by atoms with Crippen molar-refractivity contribution < 1.29 is 23.9 Å². The predicted molar refractivity (Wildman–Crippen MR) is 134 cm³/mol. The summed E-state index contributed by atoms with van der Waals surface area (Å²) in [6, 6.07) is 3.83. The minimum atomic E-state index is -0.543. The number of anilines is 1. The van der Waals surface area contributed by atoms with Gasteiger partial charge in [-0.05, 0) is 71.4 Å². The first-order valence-electron chi connectivity index (χ1n) is 13.0. The third-order valence-corrected chi connectivity index (χ3v) is 7.65. The largest absolute Gasteiger partial charge is 0.460 e. The quantitative estimate of drug-likeness (QED) is 0.502. The minimum Gasteiger partial charge on any atom is -0.460 e. The van der Waals surface area contributed by atoms with Gasteiger partial charge in [0, 0.05) is 44.7 Å². The van der Waals surface area contributed by atoms with Crippen molar-refractivity contribution in [1.29, 1.82) is 0 Å². The highest BCUT2D eigenvalue weighted by molar-refractivity contribution is 6.00. The second-order valence-electron chi connectivity index (χ2n) is 11.6. The number of rotatable bonds is 4. The third kappa shape index (κ3) is 5.87. The molecule has 3 fully saturated rings. The van der Waals surface area contributed by atoms with Crippen molar-refractivity contribution >= 4 is 29.5 Å². The van der Waals surface area contributed by atoms with Gasteiger partial charge in [-0.15, -0.1) is 0 Å². The molecule has 1 atom stereocenters. The van der Waals surface area contributed by atoms with Crippen molar-refractivity contribution in [2.24, 2.45) is 11.3 Å². The number of amides is 3. The van der Waals surface area contributed by atoms with Crippen LogP contribution in [0, 0.1) is 11.3 Å². The Labute approximate surface area is 212 Å². The van der Waals surface area contributed by atoms with Crippen molar-refractivity contribution in [1.82, 2.24) is 15.2 Å². The maximum Gasteiger partial charge on any atom is 0.312 e. The molecule has 0 bridgehead atoms. The Kier molecular flexibility index (Phi) is 7.38. The van der Waals surface area contributed by atoms with E-state index in [-0.39, 0.29) is 35.5 Å².